The van der Waals surface area contributed by atoms with Crippen LogP contribution in [-0.2, 0) is 4.79 Å². The van der Waals surface area contributed by atoms with Gasteiger partial charge in [0.25, 0.3) is 0 Å². The highest BCUT2D eigenvalue weighted by Crippen LogP contribution is 2.22. The first-order valence-electron chi connectivity index (χ1n) is 6.92. The Hall–Kier alpha value is -0.610. The molecule has 1 aliphatic heterocycles. The van der Waals surface area contributed by atoms with Gasteiger partial charge in [-0.05, 0) is 38.6 Å². The molecule has 17 heavy (non-hydrogen) atoms. The quantitative estimate of drug-likeness (QED) is 0.750. The van der Waals surface area contributed by atoms with Gasteiger partial charge in [0, 0.05) is 12.1 Å². The zero-order valence-electron chi connectivity index (χ0n) is 10.7. The van der Waals surface area contributed by atoms with Gasteiger partial charge in [-0.25, -0.2) is 0 Å². The normalized spacial score (nSPS) is 27.8. The maximum atomic E-state index is 11.8. The Bertz CT molecular complexity index is 266. The number of rotatable bonds is 5. The van der Waals surface area contributed by atoms with Crippen LogP contribution in [0.3, 0.4) is 0 Å². The number of piperidine rings is 1. The second-order valence-corrected chi connectivity index (χ2v) is 5.35. The fourth-order valence-corrected chi connectivity index (χ4v) is 2.61. The van der Waals surface area contributed by atoms with Crippen molar-refractivity contribution >= 4 is 5.91 Å². The molecule has 1 amide bonds. The van der Waals surface area contributed by atoms with Crippen molar-refractivity contribution < 1.29 is 9.90 Å². The standard InChI is InChI=1S/C13H24N2O2/c1-2-12(16)11-5-3-4-8-15(11)9-13(17)14-10-6-7-10/h10-12,16H,2-9H2,1H3,(H,14,17). The molecule has 98 valence electrons. The number of amides is 1. The molecule has 1 saturated carbocycles. The summed E-state index contributed by atoms with van der Waals surface area (Å²) in [6, 6.07) is 0.612. The van der Waals surface area contributed by atoms with E-state index in [1.807, 2.05) is 6.92 Å². The van der Waals surface area contributed by atoms with Gasteiger partial charge in [-0.15, -0.1) is 0 Å². The molecule has 2 rings (SSSR count). The van der Waals surface area contributed by atoms with Gasteiger partial charge in [-0.1, -0.05) is 13.3 Å². The third kappa shape index (κ3) is 3.68. The van der Waals surface area contributed by atoms with E-state index in [0.29, 0.717) is 12.6 Å². The maximum absolute atomic E-state index is 11.8. The second-order valence-electron chi connectivity index (χ2n) is 5.35. The predicted molar refractivity (Wildman–Crippen MR) is 66.7 cm³/mol. The topological polar surface area (TPSA) is 52.6 Å². The molecule has 0 aromatic carbocycles. The summed E-state index contributed by atoms with van der Waals surface area (Å²) in [6.07, 6.45) is 6.08. The van der Waals surface area contributed by atoms with Crippen LogP contribution in [0.5, 0.6) is 0 Å². The first-order chi connectivity index (χ1) is 8.20. The van der Waals surface area contributed by atoms with Crippen LogP contribution in [0, 0.1) is 0 Å². The number of aliphatic hydroxyl groups excluding tert-OH is 1. The third-order valence-corrected chi connectivity index (χ3v) is 3.82. The van der Waals surface area contributed by atoms with Gasteiger partial charge < -0.3 is 10.4 Å². The number of hydrogen-bond donors (Lipinski definition) is 2. The molecule has 1 aliphatic carbocycles. The number of aliphatic hydroxyl groups is 1. The molecular weight excluding hydrogens is 216 g/mol. The lowest BCUT2D eigenvalue weighted by Gasteiger charge is -2.37. The molecule has 0 radical (unpaired) electrons. The molecule has 0 spiro atoms. The lowest BCUT2D eigenvalue weighted by molar-refractivity contribution is -0.124. The summed E-state index contributed by atoms with van der Waals surface area (Å²) in [5.41, 5.74) is 0. The van der Waals surface area contributed by atoms with Crippen LogP contribution in [0.15, 0.2) is 0 Å². The van der Waals surface area contributed by atoms with E-state index in [0.717, 1.165) is 38.6 Å². The molecule has 1 heterocycles. The van der Waals surface area contributed by atoms with Crippen molar-refractivity contribution in [2.45, 2.75) is 63.6 Å². The Morgan fingerprint density at radius 3 is 2.82 bits per heavy atom. The molecule has 2 aliphatic rings. The molecule has 2 unspecified atom stereocenters. The SMILES string of the molecule is CCC(O)C1CCCCN1CC(=O)NC1CC1. The van der Waals surface area contributed by atoms with Crippen LogP contribution in [-0.4, -0.2) is 47.2 Å². The first-order valence-corrected chi connectivity index (χ1v) is 6.92. The number of nitrogens with one attached hydrogen (secondary N) is 1. The minimum Gasteiger partial charge on any atom is -0.392 e. The molecule has 2 fully saturated rings. The number of carbonyl (C=O) groups excluding carboxylic acids is 1. The van der Waals surface area contributed by atoms with Crippen molar-refractivity contribution in [2.75, 3.05) is 13.1 Å². The predicted octanol–water partition coefficient (Wildman–Crippen LogP) is 0.890. The number of nitrogens with zero attached hydrogens (tertiary/aromatic N) is 1. The van der Waals surface area contributed by atoms with Crippen molar-refractivity contribution in [3.05, 3.63) is 0 Å². The van der Waals surface area contributed by atoms with Gasteiger partial charge in [-0.3, -0.25) is 9.69 Å². The largest absolute Gasteiger partial charge is 0.392 e. The molecule has 2 N–H and O–H groups in total. The molecule has 2 atom stereocenters. The Morgan fingerprint density at radius 2 is 2.18 bits per heavy atom. The van der Waals surface area contributed by atoms with E-state index in [-0.39, 0.29) is 18.1 Å². The van der Waals surface area contributed by atoms with Crippen LogP contribution >= 0.6 is 0 Å². The van der Waals surface area contributed by atoms with E-state index in [2.05, 4.69) is 10.2 Å². The number of carbonyl (C=O) groups is 1. The minimum atomic E-state index is -0.288. The van der Waals surface area contributed by atoms with E-state index in [1.165, 1.54) is 6.42 Å². The highest BCUT2D eigenvalue weighted by molar-refractivity contribution is 5.78. The average molecular weight is 240 g/mol. The lowest BCUT2D eigenvalue weighted by Crippen LogP contribution is -2.50. The zero-order chi connectivity index (χ0) is 12.3. The van der Waals surface area contributed by atoms with Gasteiger partial charge in [-0.2, -0.15) is 0 Å². The molecule has 0 bridgehead atoms. The van der Waals surface area contributed by atoms with Crippen molar-refractivity contribution in [3.8, 4) is 0 Å². The summed E-state index contributed by atoms with van der Waals surface area (Å²) in [5.74, 6) is 0.128. The fourth-order valence-electron chi connectivity index (χ4n) is 2.61. The Balaban J connectivity index is 1.84. The molecule has 1 saturated heterocycles. The van der Waals surface area contributed by atoms with Crippen molar-refractivity contribution in [1.82, 2.24) is 10.2 Å². The Labute approximate surface area is 103 Å². The monoisotopic (exact) mass is 240 g/mol. The van der Waals surface area contributed by atoms with Gasteiger partial charge in [0.1, 0.15) is 0 Å². The molecular formula is C13H24N2O2. The highest BCUT2D eigenvalue weighted by Gasteiger charge is 2.30. The van der Waals surface area contributed by atoms with Crippen LogP contribution in [0.2, 0.25) is 0 Å². The molecule has 0 aromatic rings. The van der Waals surface area contributed by atoms with Crippen LogP contribution in [0.4, 0.5) is 0 Å². The van der Waals surface area contributed by atoms with Gasteiger partial charge in [0.05, 0.1) is 12.6 Å². The van der Waals surface area contributed by atoms with Crippen molar-refractivity contribution in [3.63, 3.8) is 0 Å². The molecule has 4 heteroatoms. The molecule has 4 nitrogen and oxygen atoms in total. The van der Waals surface area contributed by atoms with Gasteiger partial charge in [0.2, 0.25) is 5.91 Å². The fraction of sp³-hybridized carbons (Fsp3) is 0.923. The maximum Gasteiger partial charge on any atom is 0.234 e. The van der Waals surface area contributed by atoms with E-state index in [1.54, 1.807) is 0 Å². The summed E-state index contributed by atoms with van der Waals surface area (Å²) in [4.78, 5) is 13.9. The van der Waals surface area contributed by atoms with Crippen molar-refractivity contribution in [1.29, 1.82) is 0 Å². The van der Waals surface area contributed by atoms with Gasteiger partial charge in [0.15, 0.2) is 0 Å². The van der Waals surface area contributed by atoms with E-state index in [4.69, 9.17) is 0 Å². The first kappa shape index (κ1) is 12.8. The van der Waals surface area contributed by atoms with E-state index >= 15 is 0 Å². The van der Waals surface area contributed by atoms with Gasteiger partial charge >= 0.3 is 0 Å². The summed E-state index contributed by atoms with van der Waals surface area (Å²) >= 11 is 0. The van der Waals surface area contributed by atoms with Crippen LogP contribution < -0.4 is 5.32 Å². The Kier molecular flexibility index (Phi) is 4.40. The van der Waals surface area contributed by atoms with E-state index < -0.39 is 0 Å². The van der Waals surface area contributed by atoms with Crippen molar-refractivity contribution in [2.24, 2.45) is 0 Å². The second kappa shape index (κ2) is 5.83. The lowest BCUT2D eigenvalue weighted by atomic mass is 9.96. The van der Waals surface area contributed by atoms with Crippen LogP contribution in [0.1, 0.15) is 45.4 Å². The summed E-state index contributed by atoms with van der Waals surface area (Å²) in [7, 11) is 0. The van der Waals surface area contributed by atoms with E-state index in [9.17, 15) is 9.90 Å². The minimum absolute atomic E-state index is 0.128. The Morgan fingerprint density at radius 1 is 1.41 bits per heavy atom. The summed E-state index contributed by atoms with van der Waals surface area (Å²) in [6.45, 7) is 3.40. The highest BCUT2D eigenvalue weighted by atomic mass is 16.3. The third-order valence-electron chi connectivity index (χ3n) is 3.82. The smallest absolute Gasteiger partial charge is 0.234 e. The summed E-state index contributed by atoms with van der Waals surface area (Å²) < 4.78 is 0. The summed E-state index contributed by atoms with van der Waals surface area (Å²) in [5, 5.41) is 13.0. The average Bonchev–Trinajstić information content (AvgIpc) is 3.12. The molecule has 0 aromatic heterocycles. The number of likely N-dealkylation sites (tertiary alicyclic amines) is 1. The zero-order valence-corrected chi connectivity index (χ0v) is 10.7. The van der Waals surface area contributed by atoms with Crippen LogP contribution in [0.25, 0.3) is 0 Å². The number of hydrogen-bond acceptors (Lipinski definition) is 3.